The van der Waals surface area contributed by atoms with Gasteiger partial charge in [0.1, 0.15) is 0 Å². The summed E-state index contributed by atoms with van der Waals surface area (Å²) in [6.45, 7) is 0. The van der Waals surface area contributed by atoms with Crippen LogP contribution in [0.15, 0.2) is 394 Å². The Hall–Kier alpha value is -13.1. The predicted molar refractivity (Wildman–Crippen MR) is 454 cm³/mol. The number of benzene rings is 18. The van der Waals surface area contributed by atoms with E-state index in [1.807, 2.05) is 72.8 Å². The van der Waals surface area contributed by atoms with E-state index in [0.717, 1.165) is 137 Å². The van der Waals surface area contributed by atoms with Crippen LogP contribution in [0.1, 0.15) is 0 Å². The zero-order valence-electron chi connectivity index (χ0n) is 58.1. The van der Waals surface area contributed by atoms with Crippen molar-refractivity contribution in [2.75, 3.05) is 4.90 Å². The zero-order chi connectivity index (χ0) is 70.9. The van der Waals surface area contributed by atoms with Crippen LogP contribution in [-0.4, -0.2) is 9.13 Å². The number of hydrogen-bond acceptors (Lipinski definition) is 3. The second-order valence-electron chi connectivity index (χ2n) is 28.1. The van der Waals surface area contributed by atoms with Crippen molar-refractivity contribution in [1.82, 2.24) is 9.13 Å². The number of rotatable bonds is 9. The van der Waals surface area contributed by atoms with Crippen LogP contribution < -0.4 is 36.7 Å². The van der Waals surface area contributed by atoms with Crippen molar-refractivity contribution >= 4 is 150 Å². The van der Waals surface area contributed by atoms with Gasteiger partial charge in [-0.1, -0.05) is 291 Å². The second kappa shape index (κ2) is 24.8. The monoisotopic (exact) mass is 1400 g/mol. The number of para-hydroxylation sites is 2. The molecule has 0 spiro atoms. The number of fused-ring (bicyclic) bond motifs is 18. The molecular weight excluding hydrogens is 1340 g/mol. The van der Waals surface area contributed by atoms with E-state index in [4.69, 9.17) is 0 Å². The van der Waals surface area contributed by atoms with Gasteiger partial charge in [0, 0.05) is 81.8 Å². The third-order valence-corrected chi connectivity index (χ3v) is 28.7. The van der Waals surface area contributed by atoms with E-state index < -0.39 is 14.3 Å². The van der Waals surface area contributed by atoms with Crippen molar-refractivity contribution in [3.05, 3.63) is 394 Å². The van der Waals surface area contributed by atoms with Gasteiger partial charge in [0.2, 0.25) is 0 Å². The molecule has 20 aromatic rings. The van der Waals surface area contributed by atoms with E-state index in [0.29, 0.717) is 0 Å². The average molecular weight is 1400 g/mol. The van der Waals surface area contributed by atoms with Crippen LogP contribution in [0.5, 0.6) is 0 Å². The van der Waals surface area contributed by atoms with Crippen LogP contribution in [0.4, 0.5) is 17.1 Å². The maximum Gasteiger partial charge on any atom is 0.172 e. The van der Waals surface area contributed by atoms with Gasteiger partial charge in [-0.2, -0.15) is 0 Å². The summed E-state index contributed by atoms with van der Waals surface area (Å²) in [4.78, 5) is 2.35. The van der Waals surface area contributed by atoms with Crippen molar-refractivity contribution in [3.63, 3.8) is 0 Å². The highest BCUT2D eigenvalue weighted by atomic mass is 31.2. The van der Waals surface area contributed by atoms with Gasteiger partial charge >= 0.3 is 0 Å². The summed E-state index contributed by atoms with van der Waals surface area (Å²) < 4.78 is 36.1. The lowest BCUT2D eigenvalue weighted by Crippen LogP contribution is -2.21. The average Bonchev–Trinajstić information content (AvgIpc) is 1.53. The number of aromatic nitrogens is 2. The van der Waals surface area contributed by atoms with Crippen LogP contribution in [0.2, 0.25) is 0 Å². The normalized spacial score (nSPS) is 14.9. The van der Waals surface area contributed by atoms with Crippen LogP contribution in [0.3, 0.4) is 0 Å². The Labute approximate surface area is 619 Å². The number of anilines is 3. The minimum Gasteiger partial charge on any atom is -0.310 e. The first-order valence-electron chi connectivity index (χ1n) is 36.5. The molecular formula is C100H65N3O2P2. The Kier molecular flexibility index (Phi) is 14.5. The molecule has 0 radical (unpaired) electrons. The van der Waals surface area contributed by atoms with Gasteiger partial charge in [-0.25, -0.2) is 0 Å². The molecule has 107 heavy (non-hydrogen) atoms. The highest BCUT2D eigenvalue weighted by molar-refractivity contribution is 7.87. The summed E-state index contributed by atoms with van der Waals surface area (Å²) in [6, 6.07) is 139. The summed E-state index contributed by atoms with van der Waals surface area (Å²) in [5.41, 5.74) is 18.7. The summed E-state index contributed by atoms with van der Waals surface area (Å²) in [6.07, 6.45) is 0. The Morgan fingerprint density at radius 3 is 1.05 bits per heavy atom. The van der Waals surface area contributed by atoms with Crippen LogP contribution in [-0.2, 0) is 9.13 Å². The zero-order valence-corrected chi connectivity index (χ0v) is 59.9. The van der Waals surface area contributed by atoms with Crippen LogP contribution >= 0.6 is 14.3 Å². The van der Waals surface area contributed by atoms with Gasteiger partial charge in [0.25, 0.3) is 0 Å². The molecule has 5 nitrogen and oxygen atoms in total. The molecule has 502 valence electrons. The van der Waals surface area contributed by atoms with E-state index in [9.17, 15) is 0 Å². The molecule has 0 saturated heterocycles. The quantitative estimate of drug-likeness (QED) is 0.107. The molecule has 7 heteroatoms. The molecule has 2 atom stereocenters. The maximum absolute atomic E-state index is 15.8. The molecule has 4 heterocycles. The Balaban J connectivity index is 0.000000141. The Morgan fingerprint density at radius 2 is 0.570 bits per heavy atom. The molecule has 2 unspecified atom stereocenters. The Morgan fingerprint density at radius 1 is 0.224 bits per heavy atom. The Bertz CT molecular complexity index is 7040. The molecule has 0 fully saturated rings. The molecule has 0 N–H and O–H groups in total. The summed E-state index contributed by atoms with van der Waals surface area (Å²) >= 11 is 0. The van der Waals surface area contributed by atoms with Crippen molar-refractivity contribution < 1.29 is 9.13 Å². The molecule has 22 rings (SSSR count). The molecule has 18 aromatic carbocycles. The fraction of sp³-hybridized carbons (Fsp3) is 0. The van der Waals surface area contributed by atoms with Crippen molar-refractivity contribution in [2.45, 2.75) is 0 Å². The van der Waals surface area contributed by atoms with Crippen molar-refractivity contribution in [1.29, 1.82) is 0 Å². The van der Waals surface area contributed by atoms with Gasteiger partial charge in [0.05, 0.1) is 22.1 Å². The van der Waals surface area contributed by atoms with Gasteiger partial charge < -0.3 is 23.2 Å². The molecule has 0 amide bonds. The summed E-state index contributed by atoms with van der Waals surface area (Å²) in [5.74, 6) is 0. The second-order valence-corrected chi connectivity index (χ2v) is 33.5. The third-order valence-electron chi connectivity index (χ3n) is 22.3. The topological polar surface area (TPSA) is 47.2 Å². The smallest absolute Gasteiger partial charge is 0.172 e. The molecule has 2 aromatic heterocycles. The standard InChI is InChI=1S/C56H37N2OP.C44H28NOP/c59-60(48-16-2-1-3-17-48)54-21-11-9-18-49(54)50-34-35-53-55(56(50)60)51-19-8-10-20-52(51)58(53)45-30-24-41(25-31-45)40-22-28-44(29-23-40)57(46-32-26-38-12-4-6-14-42(38)36-46)47-33-27-39-13-5-7-15-43(39)37-47;46-47(36-12-2-1-3-13-36)42-17-9-7-14-37(42)38-24-25-41-43(44(38)47)39-15-6-8-16-40(39)45(41)35-22-20-29(21-23-35)32-18-19-33-26-30-10-4-5-11-31(30)27-34(33)28-32/h1-37H;1-28H. The minimum absolute atomic E-state index is 0.869. The molecule has 2 aliphatic heterocycles. The van der Waals surface area contributed by atoms with Crippen molar-refractivity contribution in [2.24, 2.45) is 0 Å². The van der Waals surface area contributed by atoms with E-state index in [2.05, 4.69) is 336 Å². The van der Waals surface area contributed by atoms with Gasteiger partial charge in [0.15, 0.2) is 14.3 Å². The van der Waals surface area contributed by atoms with E-state index in [-0.39, 0.29) is 0 Å². The first-order chi connectivity index (χ1) is 52.8. The fourth-order valence-corrected chi connectivity index (χ4v) is 23.9. The molecule has 0 bridgehead atoms. The SMILES string of the molecule is O=P1(c2ccccc2)c2ccccc2-c2ccc3c(c21)c1ccccc1n3-c1ccc(-c2ccc(N(c3ccc4ccccc4c3)c3ccc4ccccc4c3)cc2)cc1.O=P1(c2ccccc2)c2ccccc2-c2ccc3c(c21)c1ccccc1n3-c1ccc(-c2ccc3cc4ccccc4cc3c2)cc1. The predicted octanol–water partition coefficient (Wildman–Crippen LogP) is 24.2. The largest absolute Gasteiger partial charge is 0.310 e. The maximum atomic E-state index is 15.8. The first-order valence-corrected chi connectivity index (χ1v) is 39.9. The first kappa shape index (κ1) is 62.4. The molecule has 0 saturated carbocycles. The van der Waals surface area contributed by atoms with Crippen molar-refractivity contribution in [3.8, 4) is 55.9 Å². The van der Waals surface area contributed by atoms with Crippen LogP contribution in [0.25, 0.3) is 143 Å². The van der Waals surface area contributed by atoms with E-state index >= 15 is 9.13 Å². The lowest BCUT2D eigenvalue weighted by molar-refractivity contribution is 0.592. The van der Waals surface area contributed by atoms with E-state index in [1.165, 1.54) is 54.2 Å². The highest BCUT2D eigenvalue weighted by Gasteiger charge is 2.44. The van der Waals surface area contributed by atoms with E-state index in [1.54, 1.807) is 0 Å². The molecule has 2 aliphatic rings. The lowest BCUT2D eigenvalue weighted by atomic mass is 9.98. The summed E-state index contributed by atoms with van der Waals surface area (Å²) in [7, 11) is -6.30. The lowest BCUT2D eigenvalue weighted by Gasteiger charge is -2.26. The number of hydrogen-bond donors (Lipinski definition) is 0. The third kappa shape index (κ3) is 9.86. The van der Waals surface area contributed by atoms with Gasteiger partial charge in [-0.3, -0.25) is 0 Å². The minimum atomic E-state index is -3.17. The summed E-state index contributed by atoms with van der Waals surface area (Å²) in [5, 5.41) is 19.7. The van der Waals surface area contributed by atoms with Crippen LogP contribution in [0, 0.1) is 0 Å². The number of nitrogens with zero attached hydrogens (tertiary/aromatic N) is 3. The molecule has 0 aliphatic carbocycles. The fourth-order valence-electron chi connectivity index (χ4n) is 17.3. The van der Waals surface area contributed by atoms with Gasteiger partial charge in [-0.05, 0) is 191 Å². The highest BCUT2D eigenvalue weighted by Crippen LogP contribution is 2.57. The van der Waals surface area contributed by atoms with Gasteiger partial charge in [-0.15, -0.1) is 0 Å².